The van der Waals surface area contributed by atoms with E-state index < -0.39 is 0 Å². The number of methoxy groups -OCH3 is 2. The minimum Gasteiger partial charge on any atom is -0.491 e. The monoisotopic (exact) mass is 483 g/mol. The number of hydrogen-bond donors (Lipinski definition) is 1. The van der Waals surface area contributed by atoms with E-state index in [1.807, 2.05) is 30.0 Å². The van der Waals surface area contributed by atoms with Crippen LogP contribution in [0, 0.1) is 6.92 Å². The van der Waals surface area contributed by atoms with Crippen LogP contribution in [-0.4, -0.2) is 61.6 Å². The molecule has 178 valence electrons. The molecule has 3 heterocycles. The third-order valence-corrected chi connectivity index (χ3v) is 5.61. The lowest BCUT2D eigenvalue weighted by Crippen LogP contribution is -2.38. The summed E-state index contributed by atoms with van der Waals surface area (Å²) >= 11 is 6.24. The lowest BCUT2D eigenvalue weighted by Gasteiger charge is -2.28. The van der Waals surface area contributed by atoms with E-state index in [2.05, 4.69) is 20.5 Å². The maximum Gasteiger partial charge on any atom is 0.257 e. The van der Waals surface area contributed by atoms with Crippen molar-refractivity contribution in [1.82, 2.24) is 20.5 Å². The first kappa shape index (κ1) is 23.7. The Kier molecular flexibility index (Phi) is 7.44. The summed E-state index contributed by atoms with van der Waals surface area (Å²) in [5.74, 6) is 1.11. The minimum absolute atomic E-state index is 0.204. The van der Waals surface area contributed by atoms with Crippen molar-refractivity contribution in [2.45, 2.75) is 13.5 Å². The van der Waals surface area contributed by atoms with Gasteiger partial charge in [-0.05, 0) is 48.9 Å². The minimum atomic E-state index is -0.284. The molecule has 1 amide bonds. The molecule has 0 spiro atoms. The number of halogens is 1. The van der Waals surface area contributed by atoms with Crippen molar-refractivity contribution < 1.29 is 19.0 Å². The van der Waals surface area contributed by atoms with E-state index in [1.54, 1.807) is 25.3 Å². The summed E-state index contributed by atoms with van der Waals surface area (Å²) in [6, 6.07) is 10.9. The fourth-order valence-corrected chi connectivity index (χ4v) is 4.01. The zero-order valence-corrected chi connectivity index (χ0v) is 20.1. The molecule has 10 heteroatoms. The number of amides is 1. The van der Waals surface area contributed by atoms with Crippen molar-refractivity contribution >= 4 is 23.3 Å². The lowest BCUT2D eigenvalue weighted by molar-refractivity contribution is 0.0948. The number of aryl methyl sites for hydroxylation is 1. The van der Waals surface area contributed by atoms with Crippen LogP contribution in [0.4, 0.5) is 5.82 Å². The summed E-state index contributed by atoms with van der Waals surface area (Å²) in [6.07, 6.45) is 0. The molecule has 0 unspecified atom stereocenters. The molecule has 0 atom stereocenters. The van der Waals surface area contributed by atoms with Crippen LogP contribution in [0.2, 0.25) is 5.02 Å². The van der Waals surface area contributed by atoms with Crippen LogP contribution in [0.15, 0.2) is 36.4 Å². The van der Waals surface area contributed by atoms with Crippen molar-refractivity contribution in [2.75, 3.05) is 45.4 Å². The number of rotatable bonds is 7. The highest BCUT2D eigenvalue weighted by Crippen LogP contribution is 2.27. The lowest BCUT2D eigenvalue weighted by atomic mass is 10.1. The van der Waals surface area contributed by atoms with Gasteiger partial charge in [0.1, 0.15) is 0 Å². The number of anilines is 1. The number of carbonyl (C=O) groups excluding carboxylic acids is 1. The first-order valence-electron chi connectivity index (χ1n) is 10.8. The van der Waals surface area contributed by atoms with E-state index in [4.69, 9.17) is 25.8 Å². The molecule has 1 N–H and O–H groups in total. The second-order valence-electron chi connectivity index (χ2n) is 7.78. The molecule has 9 nitrogen and oxygen atoms in total. The van der Waals surface area contributed by atoms with Gasteiger partial charge in [0.25, 0.3) is 11.8 Å². The third kappa shape index (κ3) is 5.37. The Morgan fingerprint density at radius 3 is 2.62 bits per heavy atom. The normalized spacial score (nSPS) is 13.5. The Balaban J connectivity index is 1.63. The molecule has 1 aliphatic heterocycles. The van der Waals surface area contributed by atoms with Crippen LogP contribution in [0.1, 0.15) is 21.6 Å². The van der Waals surface area contributed by atoms with Gasteiger partial charge < -0.3 is 24.4 Å². The van der Waals surface area contributed by atoms with E-state index in [9.17, 15) is 4.79 Å². The van der Waals surface area contributed by atoms with Crippen LogP contribution in [0.25, 0.3) is 11.3 Å². The number of nitrogens with zero attached hydrogens (tertiary/aromatic N) is 4. The fraction of sp³-hybridized carbons (Fsp3) is 0.333. The molecule has 1 aliphatic rings. The van der Waals surface area contributed by atoms with Crippen molar-refractivity contribution in [3.05, 3.63) is 58.2 Å². The van der Waals surface area contributed by atoms with Crippen molar-refractivity contribution in [1.29, 1.82) is 0 Å². The van der Waals surface area contributed by atoms with Gasteiger partial charge in [-0.1, -0.05) is 11.6 Å². The zero-order chi connectivity index (χ0) is 24.1. The summed E-state index contributed by atoms with van der Waals surface area (Å²) < 4.78 is 15.9. The predicted octanol–water partition coefficient (Wildman–Crippen LogP) is 3.28. The molecular formula is C24H26ClN5O4. The number of morpholine rings is 1. The highest BCUT2D eigenvalue weighted by Gasteiger charge is 2.22. The molecule has 2 aromatic heterocycles. The van der Waals surface area contributed by atoms with Gasteiger partial charge in [-0.3, -0.25) is 4.79 Å². The van der Waals surface area contributed by atoms with Gasteiger partial charge in [0.15, 0.2) is 11.6 Å². The average molecular weight is 484 g/mol. The third-order valence-electron chi connectivity index (χ3n) is 5.39. The smallest absolute Gasteiger partial charge is 0.257 e. The van der Waals surface area contributed by atoms with Crippen LogP contribution < -0.4 is 19.7 Å². The van der Waals surface area contributed by atoms with Gasteiger partial charge in [0.2, 0.25) is 0 Å². The Labute approximate surface area is 203 Å². The van der Waals surface area contributed by atoms with Crippen LogP contribution in [0.5, 0.6) is 11.6 Å². The second-order valence-corrected chi connectivity index (χ2v) is 8.22. The maximum absolute atomic E-state index is 13.3. The number of benzene rings is 1. The molecule has 1 saturated heterocycles. The van der Waals surface area contributed by atoms with Gasteiger partial charge in [-0.25, -0.2) is 4.98 Å². The highest BCUT2D eigenvalue weighted by atomic mass is 35.5. The van der Waals surface area contributed by atoms with E-state index >= 15 is 0 Å². The molecule has 0 radical (unpaired) electrons. The molecule has 0 saturated carbocycles. The SMILES string of the molecule is COc1ccc(CNC(=O)c2cc(-c3cc(C)cc(Cl)c3)nnc2N2CCOCC2)nc1OC. The van der Waals surface area contributed by atoms with Crippen molar-refractivity contribution in [2.24, 2.45) is 0 Å². The van der Waals surface area contributed by atoms with Gasteiger partial charge >= 0.3 is 0 Å². The number of nitrogens with one attached hydrogen (secondary N) is 1. The van der Waals surface area contributed by atoms with Gasteiger partial charge in [0, 0.05) is 23.7 Å². The maximum atomic E-state index is 13.3. The number of hydrogen-bond acceptors (Lipinski definition) is 8. The first-order chi connectivity index (χ1) is 16.5. The predicted molar refractivity (Wildman–Crippen MR) is 129 cm³/mol. The largest absolute Gasteiger partial charge is 0.491 e. The highest BCUT2D eigenvalue weighted by molar-refractivity contribution is 6.31. The molecular weight excluding hydrogens is 458 g/mol. The Hall–Kier alpha value is -3.43. The standard InChI is InChI=1S/C24H26ClN5O4/c1-15-10-16(12-17(25)11-15)20-13-19(22(29-28-20)30-6-8-34-9-7-30)23(31)26-14-18-4-5-21(32-2)24(27-18)33-3/h4-5,10-13H,6-9,14H2,1-3H3,(H,26,31). The molecule has 4 rings (SSSR count). The topological polar surface area (TPSA) is 98.7 Å². The van der Waals surface area contributed by atoms with Gasteiger partial charge in [0.05, 0.1) is 50.9 Å². The Bertz CT molecular complexity index is 1160. The van der Waals surface area contributed by atoms with E-state index in [1.165, 1.54) is 7.11 Å². The summed E-state index contributed by atoms with van der Waals surface area (Å²) in [5.41, 5.74) is 3.40. The number of aromatic nitrogens is 3. The summed E-state index contributed by atoms with van der Waals surface area (Å²) in [4.78, 5) is 19.7. The number of pyridine rings is 1. The number of ether oxygens (including phenoxy) is 3. The molecule has 1 fully saturated rings. The molecule has 34 heavy (non-hydrogen) atoms. The van der Waals surface area contributed by atoms with Gasteiger partial charge in [-0.15, -0.1) is 10.2 Å². The molecule has 0 aliphatic carbocycles. The average Bonchev–Trinajstić information content (AvgIpc) is 2.86. The molecule has 0 bridgehead atoms. The fourth-order valence-electron chi connectivity index (χ4n) is 3.72. The summed E-state index contributed by atoms with van der Waals surface area (Å²) in [5, 5.41) is 12.4. The van der Waals surface area contributed by atoms with E-state index in [0.717, 1.165) is 11.1 Å². The number of carbonyl (C=O) groups is 1. The van der Waals surface area contributed by atoms with Crippen LogP contribution in [0.3, 0.4) is 0 Å². The van der Waals surface area contributed by atoms with Crippen LogP contribution in [-0.2, 0) is 11.3 Å². The zero-order valence-electron chi connectivity index (χ0n) is 19.3. The Morgan fingerprint density at radius 2 is 1.91 bits per heavy atom. The van der Waals surface area contributed by atoms with Crippen LogP contribution >= 0.6 is 11.6 Å². The molecule has 3 aromatic rings. The van der Waals surface area contributed by atoms with Gasteiger partial charge in [-0.2, -0.15) is 0 Å². The quantitative estimate of drug-likeness (QED) is 0.546. The Morgan fingerprint density at radius 1 is 1.12 bits per heavy atom. The molecule has 1 aromatic carbocycles. The van der Waals surface area contributed by atoms with Crippen molar-refractivity contribution in [3.8, 4) is 22.9 Å². The van der Waals surface area contributed by atoms with Crippen molar-refractivity contribution in [3.63, 3.8) is 0 Å². The summed E-state index contributed by atoms with van der Waals surface area (Å²) in [7, 11) is 3.06. The first-order valence-corrected chi connectivity index (χ1v) is 11.2. The van der Waals surface area contributed by atoms with E-state index in [-0.39, 0.29) is 12.5 Å². The van der Waals surface area contributed by atoms with E-state index in [0.29, 0.717) is 65.7 Å². The summed E-state index contributed by atoms with van der Waals surface area (Å²) in [6.45, 7) is 4.54. The second kappa shape index (κ2) is 10.7.